The quantitative estimate of drug-likeness (QED) is 0.663. The number of para-hydroxylation sites is 2. The molecule has 0 aliphatic rings. The molecule has 100 valence electrons. The molecule has 19 heavy (non-hydrogen) atoms. The molecule has 0 radical (unpaired) electrons. The second kappa shape index (κ2) is 5.71. The van der Waals surface area contributed by atoms with Crippen molar-refractivity contribution in [2.75, 3.05) is 17.7 Å². The number of nitrogens with two attached hydrogens (primary N) is 1. The van der Waals surface area contributed by atoms with Crippen LogP contribution in [-0.4, -0.2) is 17.6 Å². The van der Waals surface area contributed by atoms with E-state index in [9.17, 15) is 4.79 Å². The fraction of sp³-hybridized carbons (Fsp3) is 0.231. The van der Waals surface area contributed by atoms with Crippen molar-refractivity contribution in [3.8, 4) is 0 Å². The van der Waals surface area contributed by atoms with Crippen molar-refractivity contribution >= 4 is 33.8 Å². The Bertz CT molecular complexity index is 595. The molecule has 6 heteroatoms. The average Bonchev–Trinajstić information content (AvgIpc) is 2.74. The number of anilines is 3. The predicted octanol–water partition coefficient (Wildman–Crippen LogP) is 2.95. The van der Waals surface area contributed by atoms with Crippen LogP contribution in [0.1, 0.15) is 22.3 Å². The molecule has 0 atom stereocenters. The van der Waals surface area contributed by atoms with Crippen molar-refractivity contribution in [1.82, 2.24) is 4.98 Å². The molecule has 1 aromatic heterocycles. The molecule has 0 saturated carbocycles. The van der Waals surface area contributed by atoms with Gasteiger partial charge in [0, 0.05) is 0 Å². The Labute approximate surface area is 115 Å². The zero-order valence-electron chi connectivity index (χ0n) is 10.8. The molecular weight excluding hydrogens is 262 g/mol. The summed E-state index contributed by atoms with van der Waals surface area (Å²) in [5, 5.41) is 3.73. The highest BCUT2D eigenvalue weighted by molar-refractivity contribution is 7.17. The second-order valence-corrected chi connectivity index (χ2v) is 4.87. The molecule has 0 amide bonds. The lowest BCUT2D eigenvalue weighted by atomic mass is 10.3. The van der Waals surface area contributed by atoms with Crippen molar-refractivity contribution in [3.05, 3.63) is 34.8 Å². The maximum atomic E-state index is 11.7. The molecule has 3 N–H and O–H groups in total. The van der Waals surface area contributed by atoms with Crippen molar-refractivity contribution in [2.24, 2.45) is 0 Å². The van der Waals surface area contributed by atoms with Crippen molar-refractivity contribution in [3.63, 3.8) is 0 Å². The molecule has 0 fully saturated rings. The Balaban J connectivity index is 2.21. The summed E-state index contributed by atoms with van der Waals surface area (Å²) in [5.41, 5.74) is 7.90. The van der Waals surface area contributed by atoms with Gasteiger partial charge >= 0.3 is 5.97 Å². The lowest BCUT2D eigenvalue weighted by molar-refractivity contribution is 0.0531. The van der Waals surface area contributed by atoms with Crippen LogP contribution < -0.4 is 11.1 Å². The van der Waals surface area contributed by atoms with E-state index in [1.54, 1.807) is 19.9 Å². The monoisotopic (exact) mass is 277 g/mol. The van der Waals surface area contributed by atoms with Crippen LogP contribution in [0.25, 0.3) is 0 Å². The number of esters is 1. The first-order chi connectivity index (χ1) is 9.11. The number of nitrogen functional groups attached to an aromatic ring is 1. The molecule has 0 aliphatic heterocycles. The van der Waals surface area contributed by atoms with Gasteiger partial charge in [-0.1, -0.05) is 23.5 Å². The van der Waals surface area contributed by atoms with Crippen molar-refractivity contribution < 1.29 is 9.53 Å². The fourth-order valence-electron chi connectivity index (χ4n) is 1.56. The summed E-state index contributed by atoms with van der Waals surface area (Å²) in [7, 11) is 0. The van der Waals surface area contributed by atoms with Gasteiger partial charge in [0.05, 0.1) is 23.7 Å². The zero-order valence-corrected chi connectivity index (χ0v) is 11.6. The third-order valence-electron chi connectivity index (χ3n) is 2.46. The van der Waals surface area contributed by atoms with E-state index >= 15 is 0 Å². The van der Waals surface area contributed by atoms with E-state index in [0.717, 1.165) is 5.69 Å². The minimum Gasteiger partial charge on any atom is -0.462 e. The standard InChI is InChI=1S/C13H15N3O2S/c1-3-18-12(17)11-8(2)15-13(19-11)16-10-7-5-4-6-9(10)14/h4-7H,3,14H2,1-2H3,(H,15,16). The number of aromatic nitrogens is 1. The van der Waals surface area contributed by atoms with Gasteiger partial charge in [-0.2, -0.15) is 0 Å². The first-order valence-electron chi connectivity index (χ1n) is 5.88. The summed E-state index contributed by atoms with van der Waals surface area (Å²) in [6, 6.07) is 7.40. The van der Waals surface area contributed by atoms with Crippen LogP contribution in [0, 0.1) is 6.92 Å². The van der Waals surface area contributed by atoms with Crippen molar-refractivity contribution in [1.29, 1.82) is 0 Å². The Morgan fingerprint density at radius 3 is 2.89 bits per heavy atom. The number of nitrogens with zero attached hydrogens (tertiary/aromatic N) is 1. The predicted molar refractivity (Wildman–Crippen MR) is 76.9 cm³/mol. The largest absolute Gasteiger partial charge is 0.462 e. The fourth-order valence-corrected chi connectivity index (χ4v) is 2.43. The first-order valence-corrected chi connectivity index (χ1v) is 6.69. The van der Waals surface area contributed by atoms with Crippen LogP contribution in [0.3, 0.4) is 0 Å². The smallest absolute Gasteiger partial charge is 0.350 e. The molecular formula is C13H15N3O2S. The van der Waals surface area contributed by atoms with Crippen LogP contribution in [0.4, 0.5) is 16.5 Å². The number of hydrogen-bond acceptors (Lipinski definition) is 6. The summed E-state index contributed by atoms with van der Waals surface area (Å²) in [6.45, 7) is 3.91. The summed E-state index contributed by atoms with van der Waals surface area (Å²) in [4.78, 5) is 16.5. The molecule has 1 heterocycles. The number of thiazole rings is 1. The third kappa shape index (κ3) is 3.03. The summed E-state index contributed by atoms with van der Waals surface area (Å²) >= 11 is 1.26. The van der Waals surface area contributed by atoms with Crippen LogP contribution in [-0.2, 0) is 4.74 Å². The number of nitrogens with one attached hydrogen (secondary N) is 1. The minimum atomic E-state index is -0.341. The van der Waals surface area contributed by atoms with Gasteiger partial charge in [-0.05, 0) is 26.0 Å². The van der Waals surface area contributed by atoms with E-state index in [-0.39, 0.29) is 5.97 Å². The van der Waals surface area contributed by atoms with Gasteiger partial charge in [0.25, 0.3) is 0 Å². The van der Waals surface area contributed by atoms with Crippen LogP contribution in [0.15, 0.2) is 24.3 Å². The summed E-state index contributed by atoms with van der Waals surface area (Å²) in [6.07, 6.45) is 0. The summed E-state index contributed by atoms with van der Waals surface area (Å²) in [5.74, 6) is -0.341. The van der Waals surface area contributed by atoms with Gasteiger partial charge in [0.15, 0.2) is 5.13 Å². The number of ether oxygens (including phenoxy) is 1. The molecule has 0 aliphatic carbocycles. The van der Waals surface area contributed by atoms with E-state index in [2.05, 4.69) is 10.3 Å². The van der Waals surface area contributed by atoms with Crippen molar-refractivity contribution in [2.45, 2.75) is 13.8 Å². The molecule has 0 saturated heterocycles. The number of carbonyl (C=O) groups excluding carboxylic acids is 1. The molecule has 0 unspecified atom stereocenters. The topological polar surface area (TPSA) is 77.2 Å². The van der Waals surface area contributed by atoms with Gasteiger partial charge in [0.1, 0.15) is 4.88 Å². The van der Waals surface area contributed by atoms with E-state index in [1.807, 2.05) is 18.2 Å². The van der Waals surface area contributed by atoms with E-state index < -0.39 is 0 Å². The van der Waals surface area contributed by atoms with Gasteiger partial charge in [0.2, 0.25) is 0 Å². The Morgan fingerprint density at radius 1 is 1.47 bits per heavy atom. The van der Waals surface area contributed by atoms with Gasteiger partial charge in [-0.3, -0.25) is 0 Å². The maximum absolute atomic E-state index is 11.7. The summed E-state index contributed by atoms with van der Waals surface area (Å²) < 4.78 is 4.98. The normalized spacial score (nSPS) is 10.2. The number of rotatable bonds is 4. The van der Waals surface area contributed by atoms with E-state index in [0.29, 0.717) is 28.0 Å². The van der Waals surface area contributed by atoms with Gasteiger partial charge in [-0.25, -0.2) is 9.78 Å². The SMILES string of the molecule is CCOC(=O)c1sc(Nc2ccccc2N)nc1C. The molecule has 5 nitrogen and oxygen atoms in total. The third-order valence-corrected chi connectivity index (χ3v) is 3.51. The lowest BCUT2D eigenvalue weighted by Gasteiger charge is -2.04. The highest BCUT2D eigenvalue weighted by atomic mass is 32.1. The van der Waals surface area contributed by atoms with E-state index in [4.69, 9.17) is 10.5 Å². The molecule has 0 bridgehead atoms. The average molecular weight is 277 g/mol. The number of hydrogen-bond donors (Lipinski definition) is 2. The Morgan fingerprint density at radius 2 is 2.21 bits per heavy atom. The highest BCUT2D eigenvalue weighted by Crippen LogP contribution is 2.28. The van der Waals surface area contributed by atoms with Gasteiger partial charge in [-0.15, -0.1) is 0 Å². The molecule has 2 rings (SSSR count). The van der Waals surface area contributed by atoms with Crippen LogP contribution >= 0.6 is 11.3 Å². The first kappa shape index (κ1) is 13.4. The molecule has 2 aromatic rings. The van der Waals surface area contributed by atoms with Gasteiger partial charge < -0.3 is 15.8 Å². The van der Waals surface area contributed by atoms with Crippen LogP contribution in [0.2, 0.25) is 0 Å². The Hall–Kier alpha value is -2.08. The molecule has 0 spiro atoms. The van der Waals surface area contributed by atoms with E-state index in [1.165, 1.54) is 11.3 Å². The maximum Gasteiger partial charge on any atom is 0.350 e. The van der Waals surface area contributed by atoms with Crippen LogP contribution in [0.5, 0.6) is 0 Å². The zero-order chi connectivity index (χ0) is 13.8. The Kier molecular flexibility index (Phi) is 4.01. The minimum absolute atomic E-state index is 0.341. The number of aryl methyl sites for hydroxylation is 1. The highest BCUT2D eigenvalue weighted by Gasteiger charge is 2.16. The molecule has 1 aromatic carbocycles. The number of benzene rings is 1. The second-order valence-electron chi connectivity index (χ2n) is 3.87. The lowest BCUT2D eigenvalue weighted by Crippen LogP contribution is -2.03. The number of carbonyl (C=O) groups is 1.